The van der Waals surface area contributed by atoms with Gasteiger partial charge in [-0.1, -0.05) is 133 Å². The van der Waals surface area contributed by atoms with Gasteiger partial charge in [-0.3, -0.25) is 0 Å². The Hall–Kier alpha value is -2.81. The zero-order valence-electron chi connectivity index (χ0n) is 27.7. The standard InChI is InChI=1S/C42H53F3/c1-3-5-7-8-10-12-36-25-28-39(42(45)41(36)44)35-23-19-33(20-24-35)37-26-27-38(40(43)29-37)34-21-17-32(18-22-34)31-15-13-30(14-16-31)11-9-6-4-2/h19-21,23-32H,3-18,22H2,1-2H3. The van der Waals surface area contributed by atoms with E-state index in [0.717, 1.165) is 85.0 Å². The van der Waals surface area contributed by atoms with Crippen molar-refractivity contribution in [2.75, 3.05) is 0 Å². The lowest BCUT2D eigenvalue weighted by molar-refractivity contribution is 0.187. The van der Waals surface area contributed by atoms with Gasteiger partial charge in [-0.25, -0.2) is 13.2 Å². The van der Waals surface area contributed by atoms with E-state index in [1.54, 1.807) is 30.3 Å². The van der Waals surface area contributed by atoms with Gasteiger partial charge in [-0.2, -0.15) is 0 Å². The molecule has 3 aromatic rings. The van der Waals surface area contributed by atoms with Crippen LogP contribution in [0.25, 0.3) is 27.8 Å². The molecule has 2 aliphatic rings. The lowest BCUT2D eigenvalue weighted by Gasteiger charge is -2.35. The molecule has 1 unspecified atom stereocenters. The monoisotopic (exact) mass is 614 g/mol. The summed E-state index contributed by atoms with van der Waals surface area (Å²) in [7, 11) is 0. The van der Waals surface area contributed by atoms with Crippen LogP contribution in [0.15, 0.2) is 60.7 Å². The Kier molecular flexibility index (Phi) is 12.4. The molecule has 45 heavy (non-hydrogen) atoms. The predicted octanol–water partition coefficient (Wildman–Crippen LogP) is 13.5. The molecule has 3 heteroatoms. The Morgan fingerprint density at radius 2 is 1.27 bits per heavy atom. The first-order valence-electron chi connectivity index (χ1n) is 18.0. The molecular weight excluding hydrogens is 561 g/mol. The van der Waals surface area contributed by atoms with Crippen molar-refractivity contribution >= 4 is 5.57 Å². The number of aryl methyl sites for hydroxylation is 1. The van der Waals surface area contributed by atoms with Gasteiger partial charge in [0.2, 0.25) is 0 Å². The van der Waals surface area contributed by atoms with E-state index in [2.05, 4.69) is 19.9 Å². The maximum absolute atomic E-state index is 15.4. The zero-order chi connectivity index (χ0) is 31.6. The van der Waals surface area contributed by atoms with Crippen LogP contribution in [0, 0.1) is 35.2 Å². The summed E-state index contributed by atoms with van der Waals surface area (Å²) in [6.07, 6.45) is 22.5. The second kappa shape index (κ2) is 16.7. The van der Waals surface area contributed by atoms with E-state index in [1.807, 2.05) is 24.3 Å². The molecule has 0 radical (unpaired) electrons. The van der Waals surface area contributed by atoms with Gasteiger partial charge in [0.1, 0.15) is 5.82 Å². The number of halogens is 3. The molecule has 0 saturated heterocycles. The number of unbranched alkanes of at least 4 members (excludes halogenated alkanes) is 6. The van der Waals surface area contributed by atoms with Crippen LogP contribution in [0.4, 0.5) is 13.2 Å². The maximum Gasteiger partial charge on any atom is 0.166 e. The normalized spacial score (nSPS) is 20.3. The third-order valence-corrected chi connectivity index (χ3v) is 10.8. The minimum Gasteiger partial charge on any atom is -0.206 e. The molecule has 5 rings (SSSR count). The molecule has 0 bridgehead atoms. The number of benzene rings is 3. The average molecular weight is 615 g/mol. The van der Waals surface area contributed by atoms with Gasteiger partial charge in [0.15, 0.2) is 11.6 Å². The van der Waals surface area contributed by atoms with E-state index in [0.29, 0.717) is 17.5 Å². The van der Waals surface area contributed by atoms with Gasteiger partial charge in [-0.05, 0) is 96.6 Å². The highest BCUT2D eigenvalue weighted by Gasteiger charge is 2.29. The van der Waals surface area contributed by atoms with Crippen LogP contribution in [0.2, 0.25) is 0 Å². The Morgan fingerprint density at radius 1 is 0.600 bits per heavy atom. The SMILES string of the molecule is CCCCCCCc1ccc(-c2ccc(-c3ccc(C4=CCC(C5CCC(CCCCC)CC5)CC4)c(F)c3)cc2)c(F)c1F. The molecule has 1 saturated carbocycles. The van der Waals surface area contributed by atoms with E-state index in [-0.39, 0.29) is 11.4 Å². The van der Waals surface area contributed by atoms with Crippen molar-refractivity contribution in [3.8, 4) is 22.3 Å². The molecule has 3 aromatic carbocycles. The molecule has 2 aliphatic carbocycles. The lowest BCUT2D eigenvalue weighted by Crippen LogP contribution is -2.23. The lowest BCUT2D eigenvalue weighted by atomic mass is 9.70. The summed E-state index contributed by atoms with van der Waals surface area (Å²) < 4.78 is 45.3. The molecule has 242 valence electrons. The molecule has 1 atom stereocenters. The third kappa shape index (κ3) is 8.72. The minimum atomic E-state index is -0.790. The van der Waals surface area contributed by atoms with E-state index in [9.17, 15) is 4.39 Å². The van der Waals surface area contributed by atoms with Gasteiger partial charge < -0.3 is 0 Å². The largest absolute Gasteiger partial charge is 0.206 e. The van der Waals surface area contributed by atoms with Gasteiger partial charge in [0.05, 0.1) is 0 Å². The third-order valence-electron chi connectivity index (χ3n) is 10.8. The van der Waals surface area contributed by atoms with Crippen molar-refractivity contribution < 1.29 is 13.2 Å². The Labute approximate surface area is 270 Å². The zero-order valence-corrected chi connectivity index (χ0v) is 27.7. The topological polar surface area (TPSA) is 0 Å². The summed E-state index contributed by atoms with van der Waals surface area (Å²) in [5.74, 6) is 0.810. The van der Waals surface area contributed by atoms with Gasteiger partial charge in [0, 0.05) is 11.1 Å². The smallest absolute Gasteiger partial charge is 0.166 e. The highest BCUT2D eigenvalue weighted by atomic mass is 19.2. The molecule has 0 aromatic heterocycles. The fourth-order valence-corrected chi connectivity index (χ4v) is 7.88. The summed E-state index contributed by atoms with van der Waals surface area (Å²) in [6, 6.07) is 16.3. The summed E-state index contributed by atoms with van der Waals surface area (Å²) in [5.41, 5.74) is 4.84. The molecule has 0 spiro atoms. The van der Waals surface area contributed by atoms with E-state index in [1.165, 1.54) is 57.8 Å². The quantitative estimate of drug-likeness (QED) is 0.158. The van der Waals surface area contributed by atoms with Crippen molar-refractivity contribution in [3.05, 3.63) is 89.3 Å². The van der Waals surface area contributed by atoms with Crippen LogP contribution < -0.4 is 0 Å². The summed E-state index contributed by atoms with van der Waals surface area (Å²) in [5, 5.41) is 0. The van der Waals surface area contributed by atoms with E-state index >= 15 is 8.78 Å². The fourth-order valence-electron chi connectivity index (χ4n) is 7.88. The van der Waals surface area contributed by atoms with Gasteiger partial charge in [-0.15, -0.1) is 0 Å². The minimum absolute atomic E-state index is 0.188. The average Bonchev–Trinajstić information content (AvgIpc) is 3.07. The van der Waals surface area contributed by atoms with Gasteiger partial charge >= 0.3 is 0 Å². The molecule has 0 heterocycles. The van der Waals surface area contributed by atoms with Crippen LogP contribution >= 0.6 is 0 Å². The maximum atomic E-state index is 15.4. The number of rotatable bonds is 14. The van der Waals surface area contributed by atoms with Crippen molar-refractivity contribution in [1.82, 2.24) is 0 Å². The highest BCUT2D eigenvalue weighted by molar-refractivity contribution is 5.74. The van der Waals surface area contributed by atoms with E-state index < -0.39 is 11.6 Å². The van der Waals surface area contributed by atoms with Crippen molar-refractivity contribution in [2.45, 2.75) is 123 Å². The Balaban J connectivity index is 1.17. The molecular formula is C42H53F3. The highest BCUT2D eigenvalue weighted by Crippen LogP contribution is 2.43. The van der Waals surface area contributed by atoms with Crippen molar-refractivity contribution in [2.24, 2.45) is 17.8 Å². The first kappa shape index (κ1) is 33.6. The number of allylic oxidation sites excluding steroid dienone is 2. The van der Waals surface area contributed by atoms with Crippen molar-refractivity contribution in [3.63, 3.8) is 0 Å². The first-order valence-corrected chi connectivity index (χ1v) is 18.0. The molecule has 1 fully saturated rings. The summed E-state index contributed by atoms with van der Waals surface area (Å²) >= 11 is 0. The fraction of sp³-hybridized carbons (Fsp3) is 0.524. The van der Waals surface area contributed by atoms with E-state index in [4.69, 9.17) is 0 Å². The number of hydrogen-bond donors (Lipinski definition) is 0. The Bertz CT molecular complexity index is 1390. The predicted molar refractivity (Wildman–Crippen MR) is 185 cm³/mol. The number of hydrogen-bond acceptors (Lipinski definition) is 0. The Morgan fingerprint density at radius 3 is 1.96 bits per heavy atom. The molecule has 0 nitrogen and oxygen atoms in total. The molecule has 0 N–H and O–H groups in total. The molecule has 0 aliphatic heterocycles. The second-order valence-electron chi connectivity index (χ2n) is 13.9. The van der Waals surface area contributed by atoms with Gasteiger partial charge in [0.25, 0.3) is 0 Å². The summed E-state index contributed by atoms with van der Waals surface area (Å²) in [6.45, 7) is 4.45. The second-order valence-corrected chi connectivity index (χ2v) is 13.9. The summed E-state index contributed by atoms with van der Waals surface area (Å²) in [4.78, 5) is 0. The van der Waals surface area contributed by atoms with Crippen LogP contribution in [-0.2, 0) is 6.42 Å². The van der Waals surface area contributed by atoms with Crippen LogP contribution in [0.3, 0.4) is 0 Å². The first-order chi connectivity index (χ1) is 22.0. The van der Waals surface area contributed by atoms with Crippen LogP contribution in [0.1, 0.15) is 128 Å². The van der Waals surface area contributed by atoms with Crippen molar-refractivity contribution in [1.29, 1.82) is 0 Å². The molecule has 0 amide bonds. The van der Waals surface area contributed by atoms with Crippen LogP contribution in [-0.4, -0.2) is 0 Å². The van der Waals surface area contributed by atoms with Crippen LogP contribution in [0.5, 0.6) is 0 Å².